The van der Waals surface area contributed by atoms with Crippen LogP contribution in [0.5, 0.6) is 0 Å². The molecule has 2 bridgehead atoms. The first-order valence-electron chi connectivity index (χ1n) is 8.38. The lowest BCUT2D eigenvalue weighted by molar-refractivity contribution is 0.0211. The molecule has 0 aromatic carbocycles. The van der Waals surface area contributed by atoms with Crippen LogP contribution in [-0.2, 0) is 0 Å². The molecule has 2 aromatic rings. The molecule has 0 radical (unpaired) electrons. The Bertz CT molecular complexity index is 733. The normalized spacial score (nSPS) is 28.8. The zero-order chi connectivity index (χ0) is 16.7. The molecule has 2 atom stereocenters. The largest absolute Gasteiger partial charge is 0.451 e. The molecule has 3 aliphatic heterocycles. The summed E-state index contributed by atoms with van der Waals surface area (Å²) in [5, 5.41) is 3.61. The number of halogens is 1. The lowest BCUT2D eigenvalue weighted by Crippen LogP contribution is -2.62. The molecule has 1 N–H and O–H groups in total. The van der Waals surface area contributed by atoms with Crippen molar-refractivity contribution in [3.63, 3.8) is 0 Å². The summed E-state index contributed by atoms with van der Waals surface area (Å²) in [6.07, 6.45) is 3.96. The molecule has 5 nitrogen and oxygen atoms in total. The summed E-state index contributed by atoms with van der Waals surface area (Å²) in [4.78, 5) is 19.1. The Kier molecular flexibility index (Phi) is 4.06. The van der Waals surface area contributed by atoms with Crippen LogP contribution in [0.25, 0.3) is 11.3 Å². The number of nitrogens with zero attached hydrogens (tertiary/aromatic N) is 2. The van der Waals surface area contributed by atoms with Crippen LogP contribution in [0.3, 0.4) is 0 Å². The Hall–Kier alpha value is -1.85. The zero-order valence-corrected chi connectivity index (χ0v) is 14.3. The maximum absolute atomic E-state index is 12.6. The summed E-state index contributed by atoms with van der Waals surface area (Å²) < 4.78 is 5.72. The fourth-order valence-electron chi connectivity index (χ4n) is 3.90. The third kappa shape index (κ3) is 2.82. The van der Waals surface area contributed by atoms with Gasteiger partial charge in [0.1, 0.15) is 10.9 Å². The molecule has 3 saturated heterocycles. The maximum atomic E-state index is 12.6. The summed E-state index contributed by atoms with van der Waals surface area (Å²) in [6, 6.07) is 7.62. The molecule has 24 heavy (non-hydrogen) atoms. The van der Waals surface area contributed by atoms with Crippen LogP contribution in [-0.4, -0.2) is 41.0 Å². The van der Waals surface area contributed by atoms with Gasteiger partial charge in [-0.3, -0.25) is 9.69 Å². The average Bonchev–Trinajstić information content (AvgIpc) is 3.09. The second kappa shape index (κ2) is 6.22. The molecule has 126 valence electrons. The third-order valence-corrected chi connectivity index (χ3v) is 5.54. The minimum atomic E-state index is -0.145. The molecule has 0 saturated carbocycles. The molecule has 0 unspecified atom stereocenters. The second-order valence-corrected chi connectivity index (χ2v) is 7.03. The Morgan fingerprint density at radius 3 is 2.75 bits per heavy atom. The highest BCUT2D eigenvalue weighted by Gasteiger charge is 2.40. The van der Waals surface area contributed by atoms with Gasteiger partial charge >= 0.3 is 0 Å². The van der Waals surface area contributed by atoms with E-state index in [9.17, 15) is 4.79 Å². The van der Waals surface area contributed by atoms with E-state index in [1.54, 1.807) is 24.4 Å². The highest BCUT2D eigenvalue weighted by molar-refractivity contribution is 6.29. The van der Waals surface area contributed by atoms with Crippen molar-refractivity contribution in [3.8, 4) is 11.3 Å². The Labute approximate surface area is 146 Å². The molecule has 5 heterocycles. The minimum Gasteiger partial charge on any atom is -0.451 e. The van der Waals surface area contributed by atoms with Gasteiger partial charge < -0.3 is 9.73 Å². The van der Waals surface area contributed by atoms with E-state index in [1.165, 1.54) is 0 Å². The molecule has 3 fully saturated rings. The molecular formula is C18H20ClN3O2. The Morgan fingerprint density at radius 1 is 1.29 bits per heavy atom. The van der Waals surface area contributed by atoms with Crippen molar-refractivity contribution in [1.29, 1.82) is 0 Å². The Balaban J connectivity index is 1.48. The van der Waals surface area contributed by atoms with Gasteiger partial charge in [-0.05, 0) is 63.0 Å². The molecular weight excluding hydrogens is 326 g/mol. The van der Waals surface area contributed by atoms with E-state index >= 15 is 0 Å². The molecule has 3 aliphatic rings. The molecule has 2 aromatic heterocycles. The standard InChI is InChI=1S/C18H20ClN3O2/c1-11-17(12-6-8-22(11)9-7-12)21-18(23)15-4-3-14(24-15)13-2-5-16(19)20-10-13/h2-5,10-12,17H,6-9H2,1H3,(H,21,23)/t11-,17+/m1/s1. The maximum Gasteiger partial charge on any atom is 0.287 e. The number of pyridine rings is 1. The van der Waals surface area contributed by atoms with Crippen LogP contribution < -0.4 is 5.32 Å². The number of piperidine rings is 3. The van der Waals surface area contributed by atoms with Gasteiger partial charge in [-0.1, -0.05) is 11.6 Å². The number of aromatic nitrogens is 1. The zero-order valence-electron chi connectivity index (χ0n) is 13.5. The van der Waals surface area contributed by atoms with Crippen LogP contribution in [0, 0.1) is 5.92 Å². The number of carbonyl (C=O) groups is 1. The summed E-state index contributed by atoms with van der Waals surface area (Å²) in [6.45, 7) is 4.49. The number of hydrogen-bond donors (Lipinski definition) is 1. The molecule has 0 aliphatic carbocycles. The van der Waals surface area contributed by atoms with Gasteiger partial charge in [0, 0.05) is 23.8 Å². The van der Waals surface area contributed by atoms with Gasteiger partial charge in [0.2, 0.25) is 0 Å². The van der Waals surface area contributed by atoms with Crippen molar-refractivity contribution in [2.45, 2.75) is 31.8 Å². The minimum absolute atomic E-state index is 0.145. The highest BCUT2D eigenvalue weighted by Crippen LogP contribution is 2.32. The third-order valence-electron chi connectivity index (χ3n) is 5.32. The topological polar surface area (TPSA) is 58.4 Å². The average molecular weight is 346 g/mol. The fourth-order valence-corrected chi connectivity index (χ4v) is 4.02. The van der Waals surface area contributed by atoms with Crippen molar-refractivity contribution in [2.24, 2.45) is 5.92 Å². The second-order valence-electron chi connectivity index (χ2n) is 6.65. The lowest BCUT2D eigenvalue weighted by Gasteiger charge is -2.49. The van der Waals surface area contributed by atoms with E-state index in [0.29, 0.717) is 28.6 Å². The predicted octanol–water partition coefficient (Wildman–Crippen LogP) is 3.21. The van der Waals surface area contributed by atoms with Crippen molar-refractivity contribution < 1.29 is 9.21 Å². The molecule has 6 heteroatoms. The van der Waals surface area contributed by atoms with Gasteiger partial charge in [0.25, 0.3) is 5.91 Å². The predicted molar refractivity (Wildman–Crippen MR) is 92.0 cm³/mol. The number of amides is 1. The summed E-state index contributed by atoms with van der Waals surface area (Å²) in [5.41, 5.74) is 0.801. The fraction of sp³-hybridized carbons (Fsp3) is 0.444. The summed E-state index contributed by atoms with van der Waals surface area (Å²) in [5.74, 6) is 1.38. The van der Waals surface area contributed by atoms with Crippen LogP contribution in [0.1, 0.15) is 30.3 Å². The van der Waals surface area contributed by atoms with Crippen molar-refractivity contribution in [2.75, 3.05) is 13.1 Å². The quantitative estimate of drug-likeness (QED) is 0.868. The van der Waals surface area contributed by atoms with Gasteiger partial charge in [0.05, 0.1) is 0 Å². The number of fused-ring (bicyclic) bond motifs is 3. The van der Waals surface area contributed by atoms with E-state index in [0.717, 1.165) is 31.5 Å². The smallest absolute Gasteiger partial charge is 0.287 e. The van der Waals surface area contributed by atoms with E-state index in [2.05, 4.69) is 22.1 Å². The van der Waals surface area contributed by atoms with E-state index in [1.807, 2.05) is 6.07 Å². The van der Waals surface area contributed by atoms with Crippen LogP contribution >= 0.6 is 11.6 Å². The van der Waals surface area contributed by atoms with Crippen molar-refractivity contribution >= 4 is 17.5 Å². The van der Waals surface area contributed by atoms with Crippen LogP contribution in [0.4, 0.5) is 0 Å². The first kappa shape index (κ1) is 15.7. The highest BCUT2D eigenvalue weighted by atomic mass is 35.5. The molecule has 5 rings (SSSR count). The number of hydrogen-bond acceptors (Lipinski definition) is 4. The van der Waals surface area contributed by atoms with Gasteiger partial charge in [0.15, 0.2) is 5.76 Å². The SMILES string of the molecule is C[C@@H]1[C@H](NC(=O)c2ccc(-c3ccc(Cl)nc3)o2)C2CCN1CC2. The van der Waals surface area contributed by atoms with Gasteiger partial charge in [-0.15, -0.1) is 0 Å². The molecule has 0 spiro atoms. The number of carbonyl (C=O) groups excluding carboxylic acids is 1. The van der Waals surface area contributed by atoms with Crippen LogP contribution in [0.2, 0.25) is 5.15 Å². The van der Waals surface area contributed by atoms with E-state index < -0.39 is 0 Å². The monoisotopic (exact) mass is 345 g/mol. The number of furan rings is 1. The number of rotatable bonds is 3. The first-order chi connectivity index (χ1) is 11.6. The lowest BCUT2D eigenvalue weighted by atomic mass is 9.79. The van der Waals surface area contributed by atoms with Gasteiger partial charge in [-0.2, -0.15) is 0 Å². The first-order valence-corrected chi connectivity index (χ1v) is 8.76. The van der Waals surface area contributed by atoms with E-state index in [4.69, 9.17) is 16.0 Å². The van der Waals surface area contributed by atoms with Gasteiger partial charge in [-0.25, -0.2) is 4.98 Å². The molecule has 1 amide bonds. The van der Waals surface area contributed by atoms with Crippen molar-refractivity contribution in [3.05, 3.63) is 41.4 Å². The van der Waals surface area contributed by atoms with Crippen molar-refractivity contribution in [1.82, 2.24) is 15.2 Å². The van der Waals surface area contributed by atoms with Crippen LogP contribution in [0.15, 0.2) is 34.9 Å². The number of nitrogens with one attached hydrogen (secondary N) is 1. The van der Waals surface area contributed by atoms with E-state index in [-0.39, 0.29) is 11.9 Å². The summed E-state index contributed by atoms with van der Waals surface area (Å²) in [7, 11) is 0. The Morgan fingerprint density at radius 2 is 2.08 bits per heavy atom. The summed E-state index contributed by atoms with van der Waals surface area (Å²) >= 11 is 5.80.